The van der Waals surface area contributed by atoms with Gasteiger partial charge >= 0.3 is 6.18 Å². The highest BCUT2D eigenvalue weighted by atomic mass is 19.4. The molecular formula is C16H17F3N2O. The summed E-state index contributed by atoms with van der Waals surface area (Å²) in [6.45, 7) is 4.91. The van der Waals surface area contributed by atoms with Crippen LogP contribution in [0.1, 0.15) is 37.3 Å². The van der Waals surface area contributed by atoms with Crippen molar-refractivity contribution in [2.75, 3.05) is 11.9 Å². The van der Waals surface area contributed by atoms with Gasteiger partial charge in [0.15, 0.2) is 0 Å². The second kappa shape index (κ2) is 5.04. The normalized spacial score (nSPS) is 21.5. The summed E-state index contributed by atoms with van der Waals surface area (Å²) in [5.74, 6) is 0.570. The van der Waals surface area contributed by atoms with Crippen LogP contribution in [0.15, 0.2) is 23.0 Å². The molecule has 1 unspecified atom stereocenters. The molecule has 1 aromatic heterocycles. The third-order valence-electron chi connectivity index (χ3n) is 4.46. The van der Waals surface area contributed by atoms with Crippen molar-refractivity contribution < 1.29 is 13.2 Å². The maximum atomic E-state index is 13.2. The lowest BCUT2D eigenvalue weighted by Crippen LogP contribution is -2.25. The molecule has 0 bridgehead atoms. The summed E-state index contributed by atoms with van der Waals surface area (Å²) in [4.78, 5) is 14.0. The van der Waals surface area contributed by atoms with Gasteiger partial charge in [-0.25, -0.2) is 0 Å². The number of benzene rings is 1. The Labute approximate surface area is 125 Å². The van der Waals surface area contributed by atoms with E-state index in [-0.39, 0.29) is 16.8 Å². The molecule has 6 heteroatoms. The van der Waals surface area contributed by atoms with E-state index in [4.69, 9.17) is 0 Å². The molecule has 0 saturated heterocycles. The van der Waals surface area contributed by atoms with E-state index in [2.05, 4.69) is 17.2 Å². The van der Waals surface area contributed by atoms with Crippen molar-refractivity contribution in [1.29, 1.82) is 0 Å². The Hall–Kier alpha value is -1.98. The number of nitrogens with one attached hydrogen (secondary N) is 2. The fourth-order valence-corrected chi connectivity index (χ4v) is 3.36. The minimum Gasteiger partial charge on any atom is -0.384 e. The largest absolute Gasteiger partial charge is 0.417 e. The number of rotatable bonds is 1. The highest BCUT2D eigenvalue weighted by molar-refractivity contribution is 5.87. The van der Waals surface area contributed by atoms with E-state index in [1.807, 2.05) is 6.92 Å². The summed E-state index contributed by atoms with van der Waals surface area (Å²) in [5, 5.41) is 3.30. The minimum absolute atomic E-state index is 0.0557. The van der Waals surface area contributed by atoms with Gasteiger partial charge in [-0.3, -0.25) is 4.79 Å². The number of aromatic amines is 1. The van der Waals surface area contributed by atoms with Gasteiger partial charge in [-0.05, 0) is 36.0 Å². The second-order valence-electron chi connectivity index (χ2n) is 5.90. The van der Waals surface area contributed by atoms with Gasteiger partial charge in [-0.15, -0.1) is 0 Å². The fraction of sp³-hybridized carbons (Fsp3) is 0.438. The number of halogens is 3. The average Bonchev–Trinajstić information content (AvgIpc) is 2.43. The molecule has 0 saturated carbocycles. The number of aromatic nitrogens is 1. The molecule has 3 nitrogen and oxygen atoms in total. The first kappa shape index (κ1) is 14.9. The molecular weight excluding hydrogens is 293 g/mol. The predicted octanol–water partition coefficient (Wildman–Crippen LogP) is 4.10. The van der Waals surface area contributed by atoms with Crippen LogP contribution in [0.4, 0.5) is 18.9 Å². The van der Waals surface area contributed by atoms with Crippen molar-refractivity contribution in [3.63, 3.8) is 0 Å². The molecule has 3 rings (SSSR count). The molecule has 0 amide bonds. The predicted molar refractivity (Wildman–Crippen MR) is 80.3 cm³/mol. The van der Waals surface area contributed by atoms with Gasteiger partial charge in [0.1, 0.15) is 0 Å². The molecule has 0 radical (unpaired) electrons. The third-order valence-corrected chi connectivity index (χ3v) is 4.46. The number of H-pyrrole nitrogens is 1. The second-order valence-corrected chi connectivity index (χ2v) is 5.90. The summed E-state index contributed by atoms with van der Waals surface area (Å²) < 4.78 is 39.7. The number of hydrogen-bond donors (Lipinski definition) is 2. The standard InChI is InChI=1S/C16H17F3N2O/c1-3-9-8(2)7-20-13-6-14-11(4-10(9)13)12(16(17,18)19)5-15(22)21-14/h4-6,8-9,20H,3,7H2,1-2H3,(H,21,22)/t8-,9?/m0/s1. The first-order valence-corrected chi connectivity index (χ1v) is 7.33. The third kappa shape index (κ3) is 2.36. The summed E-state index contributed by atoms with van der Waals surface area (Å²) in [6, 6.07) is 3.84. The van der Waals surface area contributed by atoms with Crippen molar-refractivity contribution in [3.8, 4) is 0 Å². The molecule has 1 aliphatic rings. The molecule has 2 N–H and O–H groups in total. The van der Waals surface area contributed by atoms with Crippen LogP contribution in [0.3, 0.4) is 0 Å². The van der Waals surface area contributed by atoms with Crippen LogP contribution in [-0.4, -0.2) is 11.5 Å². The van der Waals surface area contributed by atoms with Crippen molar-refractivity contribution in [1.82, 2.24) is 4.98 Å². The van der Waals surface area contributed by atoms with E-state index < -0.39 is 17.3 Å². The Morgan fingerprint density at radius 3 is 2.64 bits per heavy atom. The van der Waals surface area contributed by atoms with Crippen LogP contribution in [-0.2, 0) is 6.18 Å². The number of fused-ring (bicyclic) bond motifs is 2. The summed E-state index contributed by atoms with van der Waals surface area (Å²) in [6.07, 6.45) is -3.68. The van der Waals surface area contributed by atoms with Crippen LogP contribution < -0.4 is 10.9 Å². The highest BCUT2D eigenvalue weighted by Crippen LogP contribution is 2.41. The van der Waals surface area contributed by atoms with Crippen molar-refractivity contribution >= 4 is 16.6 Å². The van der Waals surface area contributed by atoms with Crippen molar-refractivity contribution in [3.05, 3.63) is 39.7 Å². The molecule has 0 fully saturated rings. The summed E-state index contributed by atoms with van der Waals surface area (Å²) >= 11 is 0. The van der Waals surface area contributed by atoms with Crippen LogP contribution in [0.25, 0.3) is 10.9 Å². The SMILES string of the molecule is CCC1c2cc3c(C(F)(F)F)cc(=O)[nH]c3cc2NC[C@@H]1C. The minimum atomic E-state index is -4.55. The Balaban J connectivity index is 2.32. The Morgan fingerprint density at radius 2 is 2.00 bits per heavy atom. The highest BCUT2D eigenvalue weighted by Gasteiger charge is 2.34. The van der Waals surface area contributed by atoms with E-state index in [0.717, 1.165) is 24.2 Å². The van der Waals surface area contributed by atoms with Gasteiger partial charge in [0.05, 0.1) is 11.1 Å². The molecule has 1 aromatic carbocycles. The molecule has 0 aliphatic carbocycles. The average molecular weight is 310 g/mol. The molecule has 2 heterocycles. The van der Waals surface area contributed by atoms with E-state index in [9.17, 15) is 18.0 Å². The van der Waals surface area contributed by atoms with Crippen LogP contribution in [0.2, 0.25) is 0 Å². The molecule has 0 spiro atoms. The Bertz CT molecular complexity index is 779. The van der Waals surface area contributed by atoms with Gasteiger partial charge in [-0.1, -0.05) is 13.8 Å². The fourth-order valence-electron chi connectivity index (χ4n) is 3.36. The lowest BCUT2D eigenvalue weighted by Gasteiger charge is -2.32. The molecule has 2 atom stereocenters. The van der Waals surface area contributed by atoms with Gasteiger partial charge in [0.2, 0.25) is 5.56 Å². The lowest BCUT2D eigenvalue weighted by molar-refractivity contribution is -0.136. The Morgan fingerprint density at radius 1 is 1.27 bits per heavy atom. The molecule has 22 heavy (non-hydrogen) atoms. The summed E-state index contributed by atoms with van der Waals surface area (Å²) in [5.41, 5.74) is 0.312. The maximum Gasteiger partial charge on any atom is 0.417 e. The number of hydrogen-bond acceptors (Lipinski definition) is 2. The smallest absolute Gasteiger partial charge is 0.384 e. The molecule has 118 valence electrons. The summed E-state index contributed by atoms with van der Waals surface area (Å²) in [7, 11) is 0. The van der Waals surface area contributed by atoms with Gasteiger partial charge in [-0.2, -0.15) is 13.2 Å². The van der Waals surface area contributed by atoms with Crippen molar-refractivity contribution in [2.45, 2.75) is 32.4 Å². The van der Waals surface area contributed by atoms with Gasteiger partial charge < -0.3 is 10.3 Å². The van der Waals surface area contributed by atoms with Crippen LogP contribution in [0, 0.1) is 5.92 Å². The quantitative estimate of drug-likeness (QED) is 0.833. The monoisotopic (exact) mass is 310 g/mol. The zero-order valence-electron chi connectivity index (χ0n) is 12.3. The number of anilines is 1. The number of alkyl halides is 3. The van der Waals surface area contributed by atoms with E-state index in [1.165, 1.54) is 0 Å². The number of pyridine rings is 1. The topological polar surface area (TPSA) is 44.9 Å². The molecule has 1 aliphatic heterocycles. The molecule has 2 aromatic rings. The van der Waals surface area contributed by atoms with Crippen molar-refractivity contribution in [2.24, 2.45) is 5.92 Å². The Kier molecular flexibility index (Phi) is 3.42. The lowest BCUT2D eigenvalue weighted by atomic mass is 9.80. The first-order valence-electron chi connectivity index (χ1n) is 7.33. The first-order chi connectivity index (χ1) is 10.3. The van der Waals surface area contributed by atoms with Crippen LogP contribution >= 0.6 is 0 Å². The van der Waals surface area contributed by atoms with Crippen LogP contribution in [0.5, 0.6) is 0 Å². The maximum absolute atomic E-state index is 13.2. The zero-order valence-corrected chi connectivity index (χ0v) is 12.3. The van der Waals surface area contributed by atoms with E-state index >= 15 is 0 Å². The van der Waals surface area contributed by atoms with E-state index in [0.29, 0.717) is 12.0 Å². The van der Waals surface area contributed by atoms with Gasteiger partial charge in [0.25, 0.3) is 0 Å². The zero-order chi connectivity index (χ0) is 16.1. The van der Waals surface area contributed by atoms with E-state index in [1.54, 1.807) is 12.1 Å². The van der Waals surface area contributed by atoms with Gasteiger partial charge in [0, 0.05) is 23.7 Å².